The van der Waals surface area contributed by atoms with Crippen LogP contribution in [-0.4, -0.2) is 23.5 Å². The fraction of sp³-hybridized carbons (Fsp3) is 0.333. The molecule has 2 aromatic rings. The number of rotatable bonds is 9. The standard InChI is InChI=1S/C18H20ClNO3S/c19-16-10-9-14(24-16)6-3-4-12-20-17(21)11-8-13-5-1-2-7-15(13)18(22)23/h1-2,5,7,9-10H,3-4,6,8,11-12H2,(H,20,21)(H,22,23). The van der Waals surface area contributed by atoms with Crippen molar-refractivity contribution in [2.45, 2.75) is 32.1 Å². The number of halogens is 1. The third-order valence-electron chi connectivity index (χ3n) is 3.67. The van der Waals surface area contributed by atoms with Crippen LogP contribution >= 0.6 is 22.9 Å². The minimum Gasteiger partial charge on any atom is -0.478 e. The number of benzene rings is 1. The average Bonchev–Trinajstić information content (AvgIpc) is 2.98. The van der Waals surface area contributed by atoms with Crippen LogP contribution in [-0.2, 0) is 17.6 Å². The Morgan fingerprint density at radius 2 is 1.88 bits per heavy atom. The van der Waals surface area contributed by atoms with Crippen LogP contribution in [0.3, 0.4) is 0 Å². The summed E-state index contributed by atoms with van der Waals surface area (Å²) in [5.74, 6) is -1.01. The highest BCUT2D eigenvalue weighted by Gasteiger charge is 2.10. The van der Waals surface area contributed by atoms with Crippen molar-refractivity contribution in [2.75, 3.05) is 6.54 Å². The van der Waals surface area contributed by atoms with E-state index < -0.39 is 5.97 Å². The van der Waals surface area contributed by atoms with E-state index in [1.165, 1.54) is 4.88 Å². The molecule has 0 aliphatic heterocycles. The first-order valence-corrected chi connectivity index (χ1v) is 9.08. The van der Waals surface area contributed by atoms with Gasteiger partial charge in [-0.25, -0.2) is 4.79 Å². The Balaban J connectivity index is 1.64. The van der Waals surface area contributed by atoms with Crippen LogP contribution in [0.4, 0.5) is 0 Å². The molecule has 0 radical (unpaired) electrons. The second-order valence-corrected chi connectivity index (χ2v) is 7.27. The topological polar surface area (TPSA) is 66.4 Å². The van der Waals surface area contributed by atoms with E-state index in [-0.39, 0.29) is 11.5 Å². The molecule has 0 saturated carbocycles. The van der Waals surface area contributed by atoms with E-state index in [1.807, 2.05) is 12.1 Å². The van der Waals surface area contributed by atoms with Crippen molar-refractivity contribution < 1.29 is 14.7 Å². The number of carbonyl (C=O) groups is 2. The van der Waals surface area contributed by atoms with E-state index >= 15 is 0 Å². The number of aromatic carboxylic acids is 1. The molecule has 0 aliphatic carbocycles. The third-order valence-corrected chi connectivity index (χ3v) is 4.96. The van der Waals surface area contributed by atoms with Crippen molar-refractivity contribution in [1.29, 1.82) is 0 Å². The number of aryl methyl sites for hydroxylation is 2. The molecule has 0 atom stereocenters. The molecule has 1 aromatic heterocycles. The van der Waals surface area contributed by atoms with E-state index in [0.717, 1.165) is 23.6 Å². The zero-order valence-electron chi connectivity index (χ0n) is 13.3. The number of thiophene rings is 1. The summed E-state index contributed by atoms with van der Waals surface area (Å²) in [5, 5.41) is 12.0. The van der Waals surface area contributed by atoms with Gasteiger partial charge >= 0.3 is 5.97 Å². The maximum absolute atomic E-state index is 11.9. The quantitative estimate of drug-likeness (QED) is 0.655. The van der Waals surface area contributed by atoms with Crippen LogP contribution in [0.15, 0.2) is 36.4 Å². The molecule has 24 heavy (non-hydrogen) atoms. The molecular formula is C18H20ClNO3S. The van der Waals surface area contributed by atoms with Gasteiger partial charge in [-0.1, -0.05) is 29.8 Å². The molecule has 0 spiro atoms. The fourth-order valence-electron chi connectivity index (χ4n) is 2.42. The molecule has 0 fully saturated rings. The number of unbranched alkanes of at least 4 members (excludes halogenated alkanes) is 1. The molecule has 0 bridgehead atoms. The average molecular weight is 366 g/mol. The van der Waals surface area contributed by atoms with E-state index in [4.69, 9.17) is 16.7 Å². The molecule has 6 heteroatoms. The van der Waals surface area contributed by atoms with Crippen molar-refractivity contribution in [3.63, 3.8) is 0 Å². The number of hydrogen-bond donors (Lipinski definition) is 2. The van der Waals surface area contributed by atoms with Crippen molar-refractivity contribution in [2.24, 2.45) is 0 Å². The number of nitrogens with one attached hydrogen (secondary N) is 1. The van der Waals surface area contributed by atoms with Crippen molar-refractivity contribution in [1.82, 2.24) is 5.32 Å². The second kappa shape index (κ2) is 9.45. The number of carbonyl (C=O) groups excluding carboxylic acids is 1. The molecule has 0 unspecified atom stereocenters. The van der Waals surface area contributed by atoms with Gasteiger partial charge in [0.25, 0.3) is 0 Å². The van der Waals surface area contributed by atoms with Crippen LogP contribution in [0.5, 0.6) is 0 Å². The number of carboxylic acid groups (broad SMARTS) is 1. The predicted molar refractivity (Wildman–Crippen MR) is 97.0 cm³/mol. The molecule has 0 saturated heterocycles. The molecule has 0 aliphatic rings. The summed E-state index contributed by atoms with van der Waals surface area (Å²) < 4.78 is 0.806. The Kier molecular flexibility index (Phi) is 7.28. The van der Waals surface area contributed by atoms with E-state index in [1.54, 1.807) is 35.6 Å². The lowest BCUT2D eigenvalue weighted by Crippen LogP contribution is -2.24. The van der Waals surface area contributed by atoms with Gasteiger partial charge in [0.2, 0.25) is 5.91 Å². The van der Waals surface area contributed by atoms with Gasteiger partial charge in [-0.2, -0.15) is 0 Å². The minimum atomic E-state index is -0.959. The summed E-state index contributed by atoms with van der Waals surface area (Å²) in [6.45, 7) is 0.637. The second-order valence-electron chi connectivity index (χ2n) is 5.48. The third kappa shape index (κ3) is 5.98. The van der Waals surface area contributed by atoms with Crippen LogP contribution < -0.4 is 5.32 Å². The zero-order valence-corrected chi connectivity index (χ0v) is 14.8. The van der Waals surface area contributed by atoms with Crippen LogP contribution in [0.1, 0.15) is 40.1 Å². The smallest absolute Gasteiger partial charge is 0.335 e. The first-order valence-electron chi connectivity index (χ1n) is 7.88. The van der Waals surface area contributed by atoms with Gasteiger partial charge in [0.05, 0.1) is 9.90 Å². The predicted octanol–water partition coefficient (Wildman–Crippen LogP) is 4.17. The summed E-state index contributed by atoms with van der Waals surface area (Å²) in [6, 6.07) is 10.7. The summed E-state index contributed by atoms with van der Waals surface area (Å²) in [6.07, 6.45) is 3.61. The molecular weight excluding hydrogens is 346 g/mol. The lowest BCUT2D eigenvalue weighted by atomic mass is 10.0. The normalized spacial score (nSPS) is 10.5. The molecule has 1 heterocycles. The van der Waals surface area contributed by atoms with Gasteiger partial charge in [0, 0.05) is 17.8 Å². The Morgan fingerprint density at radius 1 is 1.08 bits per heavy atom. The number of carboxylic acids is 1. The van der Waals surface area contributed by atoms with E-state index in [0.29, 0.717) is 24.9 Å². The molecule has 1 aromatic carbocycles. The van der Waals surface area contributed by atoms with Gasteiger partial charge in [-0.15, -0.1) is 11.3 Å². The number of amides is 1. The van der Waals surface area contributed by atoms with Gasteiger partial charge in [-0.05, 0) is 49.4 Å². The monoisotopic (exact) mass is 365 g/mol. The van der Waals surface area contributed by atoms with Crippen molar-refractivity contribution >= 4 is 34.8 Å². The molecule has 128 valence electrons. The Hall–Kier alpha value is -1.85. The Bertz CT molecular complexity index is 699. The summed E-state index contributed by atoms with van der Waals surface area (Å²) in [5.41, 5.74) is 0.953. The maximum atomic E-state index is 11.9. The Morgan fingerprint density at radius 3 is 2.58 bits per heavy atom. The maximum Gasteiger partial charge on any atom is 0.335 e. The SMILES string of the molecule is O=C(CCc1ccccc1C(=O)O)NCCCCc1ccc(Cl)s1. The van der Waals surface area contributed by atoms with Gasteiger partial charge in [0.1, 0.15) is 0 Å². The van der Waals surface area contributed by atoms with Crippen LogP contribution in [0, 0.1) is 0 Å². The first-order chi connectivity index (χ1) is 11.6. The minimum absolute atomic E-state index is 0.0469. The van der Waals surface area contributed by atoms with Crippen molar-refractivity contribution in [3.05, 3.63) is 56.7 Å². The zero-order chi connectivity index (χ0) is 17.4. The number of hydrogen-bond acceptors (Lipinski definition) is 3. The fourth-order valence-corrected chi connectivity index (χ4v) is 3.55. The molecule has 1 amide bonds. The molecule has 2 rings (SSSR count). The summed E-state index contributed by atoms with van der Waals surface area (Å²) in [7, 11) is 0. The van der Waals surface area contributed by atoms with Gasteiger partial charge in [-0.3, -0.25) is 4.79 Å². The highest BCUT2D eigenvalue weighted by Crippen LogP contribution is 2.22. The highest BCUT2D eigenvalue weighted by atomic mass is 35.5. The summed E-state index contributed by atoms with van der Waals surface area (Å²) >= 11 is 7.47. The van der Waals surface area contributed by atoms with E-state index in [9.17, 15) is 9.59 Å². The highest BCUT2D eigenvalue weighted by molar-refractivity contribution is 7.16. The molecule has 2 N–H and O–H groups in total. The van der Waals surface area contributed by atoms with Crippen molar-refractivity contribution in [3.8, 4) is 0 Å². The van der Waals surface area contributed by atoms with Gasteiger partial charge in [0.15, 0.2) is 0 Å². The summed E-state index contributed by atoms with van der Waals surface area (Å²) in [4.78, 5) is 24.2. The van der Waals surface area contributed by atoms with Crippen LogP contribution in [0.25, 0.3) is 0 Å². The van der Waals surface area contributed by atoms with Crippen LogP contribution in [0.2, 0.25) is 4.34 Å². The lowest BCUT2D eigenvalue weighted by molar-refractivity contribution is -0.121. The lowest BCUT2D eigenvalue weighted by Gasteiger charge is -2.07. The van der Waals surface area contributed by atoms with Gasteiger partial charge < -0.3 is 10.4 Å². The Labute approximate surface area is 150 Å². The first kappa shape index (κ1) is 18.5. The van der Waals surface area contributed by atoms with E-state index in [2.05, 4.69) is 5.32 Å². The molecule has 4 nitrogen and oxygen atoms in total. The largest absolute Gasteiger partial charge is 0.478 e.